The van der Waals surface area contributed by atoms with Crippen molar-refractivity contribution in [2.24, 2.45) is 0 Å². The highest BCUT2D eigenvalue weighted by Gasteiger charge is 2.26. The van der Waals surface area contributed by atoms with Crippen molar-refractivity contribution in [2.75, 3.05) is 18.0 Å². The first kappa shape index (κ1) is 14.5. The second-order valence-corrected chi connectivity index (χ2v) is 6.69. The minimum atomic E-state index is 0.0194. The van der Waals surface area contributed by atoms with E-state index < -0.39 is 0 Å². The molecule has 1 N–H and O–H groups in total. The van der Waals surface area contributed by atoms with Gasteiger partial charge in [-0.2, -0.15) is 0 Å². The van der Waals surface area contributed by atoms with Gasteiger partial charge in [-0.1, -0.05) is 0 Å². The van der Waals surface area contributed by atoms with Gasteiger partial charge in [-0.3, -0.25) is 0 Å². The van der Waals surface area contributed by atoms with Crippen LogP contribution < -0.4 is 4.90 Å². The average molecular weight is 306 g/mol. The first-order chi connectivity index (χ1) is 10.2. The Bertz CT molecular complexity index is 592. The molecule has 0 spiro atoms. The van der Waals surface area contributed by atoms with E-state index in [2.05, 4.69) is 39.5 Å². The Morgan fingerprint density at radius 2 is 2.33 bits per heavy atom. The van der Waals surface area contributed by atoms with Crippen molar-refractivity contribution in [3.8, 4) is 0 Å². The van der Waals surface area contributed by atoms with Crippen LogP contribution in [-0.2, 0) is 6.61 Å². The summed E-state index contributed by atoms with van der Waals surface area (Å²) < 4.78 is 2.27. The van der Waals surface area contributed by atoms with Crippen molar-refractivity contribution < 1.29 is 5.11 Å². The van der Waals surface area contributed by atoms with Crippen molar-refractivity contribution in [3.05, 3.63) is 29.3 Å². The SMILES string of the molecule is CC(C)n1ccnc1[C@@H]1CCCN(c2nc(CO)cs2)C1. The zero-order chi connectivity index (χ0) is 14.8. The maximum Gasteiger partial charge on any atom is 0.185 e. The Kier molecular flexibility index (Phi) is 4.26. The fourth-order valence-corrected chi connectivity index (χ4v) is 3.81. The van der Waals surface area contributed by atoms with E-state index in [4.69, 9.17) is 5.11 Å². The number of nitrogens with zero attached hydrogens (tertiary/aromatic N) is 4. The summed E-state index contributed by atoms with van der Waals surface area (Å²) in [5.74, 6) is 1.64. The molecule has 1 atom stereocenters. The van der Waals surface area contributed by atoms with Crippen LogP contribution in [0.1, 0.15) is 50.2 Å². The Labute approximate surface area is 129 Å². The highest BCUT2D eigenvalue weighted by Crippen LogP contribution is 2.31. The highest BCUT2D eigenvalue weighted by molar-refractivity contribution is 7.13. The Morgan fingerprint density at radius 1 is 1.48 bits per heavy atom. The van der Waals surface area contributed by atoms with E-state index in [9.17, 15) is 0 Å². The molecular weight excluding hydrogens is 284 g/mol. The second kappa shape index (κ2) is 6.15. The summed E-state index contributed by atoms with van der Waals surface area (Å²) in [7, 11) is 0. The number of hydrogen-bond acceptors (Lipinski definition) is 5. The largest absolute Gasteiger partial charge is 0.390 e. The minimum absolute atomic E-state index is 0.0194. The standard InChI is InChI=1S/C15H22N4OS/c1-11(2)19-7-5-16-14(19)12-4-3-6-18(8-12)15-17-13(9-20)10-21-15/h5,7,10-12,20H,3-4,6,8-9H2,1-2H3/t12-/m1/s1. The minimum Gasteiger partial charge on any atom is -0.390 e. The molecule has 114 valence electrons. The van der Waals surface area contributed by atoms with Crippen LogP contribution in [0.3, 0.4) is 0 Å². The van der Waals surface area contributed by atoms with Gasteiger partial charge < -0.3 is 14.6 Å². The van der Waals surface area contributed by atoms with E-state index in [1.165, 1.54) is 12.2 Å². The molecule has 3 rings (SSSR count). The zero-order valence-electron chi connectivity index (χ0n) is 12.6. The molecule has 1 saturated heterocycles. The van der Waals surface area contributed by atoms with Gasteiger partial charge in [0.2, 0.25) is 0 Å². The van der Waals surface area contributed by atoms with Crippen molar-refractivity contribution in [2.45, 2.75) is 45.3 Å². The van der Waals surface area contributed by atoms with Gasteiger partial charge in [0.1, 0.15) is 5.82 Å². The summed E-state index contributed by atoms with van der Waals surface area (Å²) in [6.07, 6.45) is 6.32. The predicted molar refractivity (Wildman–Crippen MR) is 84.8 cm³/mol. The summed E-state index contributed by atoms with van der Waals surface area (Å²) in [6, 6.07) is 0.443. The van der Waals surface area contributed by atoms with E-state index in [0.717, 1.165) is 30.3 Å². The number of piperidine rings is 1. The number of aliphatic hydroxyl groups excluding tert-OH is 1. The Balaban J connectivity index is 1.77. The van der Waals surface area contributed by atoms with Crippen LogP contribution in [0.2, 0.25) is 0 Å². The molecule has 6 heteroatoms. The fraction of sp³-hybridized carbons (Fsp3) is 0.600. The van der Waals surface area contributed by atoms with Crippen molar-refractivity contribution in [1.82, 2.24) is 14.5 Å². The number of hydrogen-bond donors (Lipinski definition) is 1. The van der Waals surface area contributed by atoms with Gasteiger partial charge in [0.25, 0.3) is 0 Å². The molecule has 0 unspecified atom stereocenters. The van der Waals surface area contributed by atoms with E-state index in [1.807, 2.05) is 11.6 Å². The monoisotopic (exact) mass is 306 g/mol. The lowest BCUT2D eigenvalue weighted by Crippen LogP contribution is -2.35. The van der Waals surface area contributed by atoms with Gasteiger partial charge in [0.15, 0.2) is 5.13 Å². The third kappa shape index (κ3) is 2.96. The van der Waals surface area contributed by atoms with Crippen LogP contribution in [-0.4, -0.2) is 32.7 Å². The molecule has 2 aromatic heterocycles. The lowest BCUT2D eigenvalue weighted by Gasteiger charge is -2.32. The lowest BCUT2D eigenvalue weighted by atomic mass is 9.97. The van der Waals surface area contributed by atoms with Crippen molar-refractivity contribution >= 4 is 16.5 Å². The number of rotatable bonds is 4. The number of thiazole rings is 1. The van der Waals surface area contributed by atoms with Crippen LogP contribution in [0, 0.1) is 0 Å². The van der Waals surface area contributed by atoms with E-state index >= 15 is 0 Å². The summed E-state index contributed by atoms with van der Waals surface area (Å²) in [6.45, 7) is 6.41. The number of aliphatic hydroxyl groups is 1. The fourth-order valence-electron chi connectivity index (χ4n) is 2.95. The number of aromatic nitrogens is 3. The summed E-state index contributed by atoms with van der Waals surface area (Å²) in [4.78, 5) is 11.4. The third-order valence-electron chi connectivity index (χ3n) is 4.01. The van der Waals surface area contributed by atoms with E-state index in [-0.39, 0.29) is 6.61 Å². The molecule has 3 heterocycles. The molecule has 0 saturated carbocycles. The normalized spacial score (nSPS) is 19.4. The van der Waals surface area contributed by atoms with Gasteiger partial charge in [0, 0.05) is 42.8 Å². The Hall–Kier alpha value is -1.40. The van der Waals surface area contributed by atoms with Gasteiger partial charge >= 0.3 is 0 Å². The van der Waals surface area contributed by atoms with E-state index in [0.29, 0.717) is 12.0 Å². The summed E-state index contributed by atoms with van der Waals surface area (Å²) in [5.41, 5.74) is 0.765. The second-order valence-electron chi connectivity index (χ2n) is 5.85. The van der Waals surface area contributed by atoms with E-state index in [1.54, 1.807) is 11.3 Å². The smallest absolute Gasteiger partial charge is 0.185 e. The number of imidazole rings is 1. The van der Waals surface area contributed by atoms with Crippen LogP contribution in [0.15, 0.2) is 17.8 Å². The third-order valence-corrected chi connectivity index (χ3v) is 4.96. The molecule has 0 radical (unpaired) electrons. The Morgan fingerprint density at radius 3 is 3.05 bits per heavy atom. The van der Waals surface area contributed by atoms with Crippen LogP contribution >= 0.6 is 11.3 Å². The topological polar surface area (TPSA) is 54.2 Å². The molecular formula is C15H22N4OS. The molecule has 2 aromatic rings. The molecule has 0 amide bonds. The number of anilines is 1. The maximum atomic E-state index is 9.16. The molecule has 1 aliphatic rings. The van der Waals surface area contributed by atoms with Gasteiger partial charge in [-0.25, -0.2) is 9.97 Å². The highest BCUT2D eigenvalue weighted by atomic mass is 32.1. The van der Waals surface area contributed by atoms with Gasteiger partial charge in [-0.15, -0.1) is 11.3 Å². The lowest BCUT2D eigenvalue weighted by molar-refractivity contribution is 0.277. The molecule has 1 aliphatic heterocycles. The predicted octanol–water partition coefficient (Wildman–Crippen LogP) is 2.80. The van der Waals surface area contributed by atoms with Gasteiger partial charge in [0.05, 0.1) is 12.3 Å². The van der Waals surface area contributed by atoms with Gasteiger partial charge in [-0.05, 0) is 26.7 Å². The average Bonchev–Trinajstić information content (AvgIpc) is 3.16. The van der Waals surface area contributed by atoms with Crippen LogP contribution in [0.25, 0.3) is 0 Å². The molecule has 0 aliphatic carbocycles. The quantitative estimate of drug-likeness (QED) is 0.943. The molecule has 1 fully saturated rings. The van der Waals surface area contributed by atoms with Crippen molar-refractivity contribution in [3.63, 3.8) is 0 Å². The first-order valence-corrected chi connectivity index (χ1v) is 8.40. The molecule has 0 bridgehead atoms. The molecule has 0 aromatic carbocycles. The van der Waals surface area contributed by atoms with Crippen LogP contribution in [0.5, 0.6) is 0 Å². The maximum absolute atomic E-state index is 9.16. The molecule has 21 heavy (non-hydrogen) atoms. The summed E-state index contributed by atoms with van der Waals surface area (Å²) >= 11 is 1.62. The summed E-state index contributed by atoms with van der Waals surface area (Å²) in [5, 5.41) is 12.1. The van der Waals surface area contributed by atoms with Crippen LogP contribution in [0.4, 0.5) is 5.13 Å². The molecule has 5 nitrogen and oxygen atoms in total. The first-order valence-electron chi connectivity index (χ1n) is 7.52. The zero-order valence-corrected chi connectivity index (χ0v) is 13.4. The van der Waals surface area contributed by atoms with Crippen molar-refractivity contribution in [1.29, 1.82) is 0 Å².